The van der Waals surface area contributed by atoms with Crippen LogP contribution in [0.25, 0.3) is 0 Å². The van der Waals surface area contributed by atoms with Gasteiger partial charge in [0.2, 0.25) is 0 Å². The van der Waals surface area contributed by atoms with E-state index < -0.39 is 0 Å². The monoisotopic (exact) mass is 302 g/mol. The molecule has 0 radical (unpaired) electrons. The van der Waals surface area contributed by atoms with Crippen molar-refractivity contribution in [1.82, 2.24) is 3.94 Å². The molecular formula is C12H25Cl3N2. The third-order valence-electron chi connectivity index (χ3n) is 3.87. The summed E-state index contributed by atoms with van der Waals surface area (Å²) in [4.78, 5) is 0. The second-order valence-electron chi connectivity index (χ2n) is 6.00. The minimum absolute atomic E-state index is 0. The lowest BCUT2D eigenvalue weighted by molar-refractivity contribution is -0.909. The summed E-state index contributed by atoms with van der Waals surface area (Å²) in [5, 5.41) is 0. The van der Waals surface area contributed by atoms with E-state index in [9.17, 15) is 0 Å². The van der Waals surface area contributed by atoms with Crippen molar-refractivity contribution in [3.05, 3.63) is 0 Å². The van der Waals surface area contributed by atoms with Crippen molar-refractivity contribution in [2.75, 3.05) is 26.7 Å². The number of nitrogens with zero attached hydrogens (tertiary/aromatic N) is 2. The van der Waals surface area contributed by atoms with E-state index in [0.717, 1.165) is 6.42 Å². The number of rotatable bonds is 4. The third-order valence-corrected chi connectivity index (χ3v) is 4.78. The molecule has 0 aromatic heterocycles. The molecule has 1 saturated heterocycles. The minimum Gasteiger partial charge on any atom is -1.00 e. The number of halogens is 3. The van der Waals surface area contributed by atoms with Crippen molar-refractivity contribution < 1.29 is 16.9 Å². The van der Waals surface area contributed by atoms with Gasteiger partial charge in [0.25, 0.3) is 0 Å². The molecule has 0 atom stereocenters. The Hall–Kier alpha value is 0.790. The van der Waals surface area contributed by atoms with Crippen LogP contribution in [0.4, 0.5) is 0 Å². The fourth-order valence-corrected chi connectivity index (χ4v) is 2.47. The van der Waals surface area contributed by atoms with Crippen molar-refractivity contribution in [3.8, 4) is 0 Å². The van der Waals surface area contributed by atoms with Crippen LogP contribution in [-0.2, 0) is 0 Å². The largest absolute Gasteiger partial charge is 1.00 e. The maximum absolute atomic E-state index is 5.86. The summed E-state index contributed by atoms with van der Waals surface area (Å²) >= 11 is 11.7. The molecule has 0 saturated carbocycles. The van der Waals surface area contributed by atoms with Crippen LogP contribution >= 0.6 is 23.6 Å². The molecule has 17 heavy (non-hydrogen) atoms. The van der Waals surface area contributed by atoms with Gasteiger partial charge in [0.1, 0.15) is 0 Å². The van der Waals surface area contributed by atoms with Gasteiger partial charge in [-0.3, -0.25) is 0 Å². The fraction of sp³-hybridized carbons (Fsp3) is 1.00. The van der Waals surface area contributed by atoms with Gasteiger partial charge in [-0.25, -0.2) is 0 Å². The molecule has 0 N–H and O–H groups in total. The quantitative estimate of drug-likeness (QED) is 0.548. The summed E-state index contributed by atoms with van der Waals surface area (Å²) in [5.41, 5.74) is -0.128. The Bertz CT molecular complexity index is 212. The molecule has 0 aliphatic carbocycles. The molecule has 0 aromatic rings. The van der Waals surface area contributed by atoms with E-state index in [0.29, 0.717) is 0 Å². The van der Waals surface area contributed by atoms with Gasteiger partial charge < -0.3 is 16.9 Å². The standard InChI is InChI=1S/C12H25Cl2N2.ClH/c1-12(2,15(13)14)8-11-16(3)9-6-4-5-7-10-16;/h4-11H2,1-3H3;1H/q+1;/p-1. The highest BCUT2D eigenvalue weighted by atomic mass is 35.5. The smallest absolute Gasteiger partial charge is 0.0803 e. The van der Waals surface area contributed by atoms with E-state index in [2.05, 4.69) is 20.9 Å². The van der Waals surface area contributed by atoms with Gasteiger partial charge in [0.15, 0.2) is 0 Å². The molecule has 0 unspecified atom stereocenters. The topological polar surface area (TPSA) is 3.24 Å². The van der Waals surface area contributed by atoms with Crippen molar-refractivity contribution in [3.63, 3.8) is 0 Å². The average Bonchev–Trinajstić information content (AvgIpc) is 2.41. The average molecular weight is 304 g/mol. The predicted octanol–water partition coefficient (Wildman–Crippen LogP) is 0.789. The molecule has 1 rings (SSSR count). The molecule has 0 aromatic carbocycles. The number of quaternary nitrogens is 1. The SMILES string of the molecule is CC(C)(CC[N+]1(C)CCCCCC1)N(Cl)Cl.[Cl-]. The summed E-state index contributed by atoms with van der Waals surface area (Å²) < 4.78 is 2.49. The predicted molar refractivity (Wildman–Crippen MR) is 71.5 cm³/mol. The van der Waals surface area contributed by atoms with E-state index in [1.165, 1.54) is 53.7 Å². The Morgan fingerprint density at radius 3 is 1.94 bits per heavy atom. The lowest BCUT2D eigenvalue weighted by Crippen LogP contribution is -3.00. The Morgan fingerprint density at radius 2 is 1.53 bits per heavy atom. The van der Waals surface area contributed by atoms with Crippen molar-refractivity contribution in [2.45, 2.75) is 51.5 Å². The van der Waals surface area contributed by atoms with Crippen molar-refractivity contribution >= 4 is 23.6 Å². The first kappa shape index (κ1) is 17.8. The molecular weight excluding hydrogens is 279 g/mol. The molecule has 1 fully saturated rings. The third kappa shape index (κ3) is 5.98. The van der Waals surface area contributed by atoms with Gasteiger partial charge in [-0.1, -0.05) is 0 Å². The van der Waals surface area contributed by atoms with E-state index in [4.69, 9.17) is 23.6 Å². The summed E-state index contributed by atoms with van der Waals surface area (Å²) in [6.45, 7) is 7.97. The molecule has 0 amide bonds. The zero-order chi connectivity index (χ0) is 12.2. The lowest BCUT2D eigenvalue weighted by Gasteiger charge is -2.37. The van der Waals surface area contributed by atoms with Crippen LogP contribution < -0.4 is 12.4 Å². The second kappa shape index (κ2) is 7.40. The summed E-state index contributed by atoms with van der Waals surface area (Å²) in [6.07, 6.45) is 6.56. The van der Waals surface area contributed by atoms with Crippen LogP contribution in [0.3, 0.4) is 0 Å². The van der Waals surface area contributed by atoms with Gasteiger partial charge in [-0.15, -0.1) is 3.94 Å². The number of hydrogen-bond acceptors (Lipinski definition) is 1. The summed E-state index contributed by atoms with van der Waals surface area (Å²) in [7, 11) is 2.37. The highest BCUT2D eigenvalue weighted by Gasteiger charge is 2.30. The summed E-state index contributed by atoms with van der Waals surface area (Å²) in [6, 6.07) is 0. The normalized spacial score (nSPS) is 20.8. The zero-order valence-corrected chi connectivity index (χ0v) is 13.5. The number of likely N-dealkylation sites (tertiary alicyclic amines) is 1. The van der Waals surface area contributed by atoms with Crippen molar-refractivity contribution in [2.24, 2.45) is 0 Å². The first-order valence-corrected chi connectivity index (χ1v) is 6.99. The highest BCUT2D eigenvalue weighted by Crippen LogP contribution is 2.26. The maximum atomic E-state index is 5.86. The second-order valence-corrected chi connectivity index (χ2v) is 6.85. The summed E-state index contributed by atoms with van der Waals surface area (Å²) in [5.74, 6) is 0. The maximum Gasteiger partial charge on any atom is 0.0803 e. The van der Waals surface area contributed by atoms with Crippen LogP contribution in [0.5, 0.6) is 0 Å². The first-order chi connectivity index (χ1) is 7.36. The van der Waals surface area contributed by atoms with E-state index >= 15 is 0 Å². The van der Waals surface area contributed by atoms with Crippen LogP contribution in [0.1, 0.15) is 46.0 Å². The fourth-order valence-electron chi connectivity index (χ4n) is 2.30. The highest BCUT2D eigenvalue weighted by molar-refractivity contribution is 6.34. The van der Waals surface area contributed by atoms with Gasteiger partial charge in [0.05, 0.1) is 32.2 Å². The van der Waals surface area contributed by atoms with Gasteiger partial charge >= 0.3 is 0 Å². The molecule has 1 aliphatic rings. The van der Waals surface area contributed by atoms with Gasteiger partial charge in [-0.2, -0.15) is 0 Å². The van der Waals surface area contributed by atoms with Crippen LogP contribution in [-0.4, -0.2) is 40.6 Å². The molecule has 2 nitrogen and oxygen atoms in total. The minimum atomic E-state index is -0.128. The van der Waals surface area contributed by atoms with Crippen LogP contribution in [0.2, 0.25) is 0 Å². The molecule has 1 aliphatic heterocycles. The van der Waals surface area contributed by atoms with Crippen LogP contribution in [0.15, 0.2) is 0 Å². The van der Waals surface area contributed by atoms with Gasteiger partial charge in [-0.05, 0) is 63.1 Å². The lowest BCUT2D eigenvalue weighted by atomic mass is 10.0. The molecule has 0 bridgehead atoms. The van der Waals surface area contributed by atoms with E-state index in [1.807, 2.05) is 0 Å². The Morgan fingerprint density at radius 1 is 1.06 bits per heavy atom. The Balaban J connectivity index is 0.00000256. The van der Waals surface area contributed by atoms with Crippen molar-refractivity contribution in [1.29, 1.82) is 0 Å². The molecule has 104 valence electrons. The van der Waals surface area contributed by atoms with Gasteiger partial charge in [0, 0.05) is 6.42 Å². The van der Waals surface area contributed by atoms with Crippen LogP contribution in [0, 0.1) is 0 Å². The number of hydrogen-bond donors (Lipinski definition) is 0. The Labute approximate surface area is 122 Å². The zero-order valence-electron chi connectivity index (χ0n) is 11.2. The molecule has 0 spiro atoms. The molecule has 5 heteroatoms. The van der Waals surface area contributed by atoms with E-state index in [-0.39, 0.29) is 17.9 Å². The Kier molecular flexibility index (Phi) is 7.74. The van der Waals surface area contributed by atoms with E-state index in [1.54, 1.807) is 0 Å². The first-order valence-electron chi connectivity index (χ1n) is 6.31. The molecule has 1 heterocycles.